The summed E-state index contributed by atoms with van der Waals surface area (Å²) in [6.07, 6.45) is 2.81. The third-order valence-corrected chi connectivity index (χ3v) is 4.80. The Balaban J connectivity index is 1.59. The van der Waals surface area contributed by atoms with Gasteiger partial charge in [-0.2, -0.15) is 0 Å². The van der Waals surface area contributed by atoms with E-state index in [-0.39, 0.29) is 12.1 Å². The lowest BCUT2D eigenvalue weighted by Crippen LogP contribution is -2.43. The van der Waals surface area contributed by atoms with Gasteiger partial charge in [-0.25, -0.2) is 4.79 Å². The van der Waals surface area contributed by atoms with E-state index < -0.39 is 0 Å². The van der Waals surface area contributed by atoms with Crippen molar-refractivity contribution in [2.24, 2.45) is 5.92 Å². The molecule has 0 unspecified atom stereocenters. The second kappa shape index (κ2) is 7.36. The van der Waals surface area contributed by atoms with Crippen LogP contribution in [0.25, 0.3) is 0 Å². The molecule has 0 radical (unpaired) electrons. The molecule has 0 saturated carbocycles. The molecule has 1 N–H and O–H groups in total. The average molecular weight is 381 g/mol. The van der Waals surface area contributed by atoms with E-state index in [0.717, 1.165) is 28.8 Å². The van der Waals surface area contributed by atoms with E-state index in [1.165, 1.54) is 0 Å². The van der Waals surface area contributed by atoms with E-state index in [1.807, 2.05) is 24.3 Å². The first kappa shape index (κ1) is 16.3. The van der Waals surface area contributed by atoms with Gasteiger partial charge in [0, 0.05) is 29.1 Å². The zero-order valence-electron chi connectivity index (χ0n) is 13.0. The van der Waals surface area contributed by atoms with Gasteiger partial charge >= 0.3 is 6.03 Å². The molecule has 23 heavy (non-hydrogen) atoms. The van der Waals surface area contributed by atoms with Gasteiger partial charge < -0.3 is 19.7 Å². The zero-order valence-corrected chi connectivity index (χ0v) is 14.5. The van der Waals surface area contributed by atoms with Crippen LogP contribution in [-0.2, 0) is 11.3 Å². The van der Waals surface area contributed by atoms with Gasteiger partial charge in [0.05, 0.1) is 19.2 Å². The fourth-order valence-corrected chi connectivity index (χ4v) is 3.32. The van der Waals surface area contributed by atoms with Crippen molar-refractivity contribution >= 4 is 22.0 Å². The van der Waals surface area contributed by atoms with E-state index in [9.17, 15) is 4.79 Å². The number of halogens is 1. The molecule has 0 spiro atoms. The van der Waals surface area contributed by atoms with Crippen LogP contribution in [0, 0.1) is 5.92 Å². The van der Waals surface area contributed by atoms with E-state index >= 15 is 0 Å². The summed E-state index contributed by atoms with van der Waals surface area (Å²) in [7, 11) is 0. The highest BCUT2D eigenvalue weighted by Gasteiger charge is 2.27. The van der Waals surface area contributed by atoms with Gasteiger partial charge in [-0.1, -0.05) is 28.1 Å². The van der Waals surface area contributed by atoms with Gasteiger partial charge in [0.1, 0.15) is 12.4 Å². The summed E-state index contributed by atoms with van der Waals surface area (Å²) in [4.78, 5) is 14.3. The van der Waals surface area contributed by atoms with Gasteiger partial charge in [0.25, 0.3) is 0 Å². The normalized spacial score (nSPS) is 23.6. The smallest absolute Gasteiger partial charge is 0.317 e. The molecule has 2 amide bonds. The van der Waals surface area contributed by atoms with Gasteiger partial charge in [0.2, 0.25) is 0 Å². The summed E-state index contributed by atoms with van der Waals surface area (Å²) in [6.45, 7) is 6.76. The molecular weight excluding hydrogens is 360 g/mol. The predicted molar refractivity (Wildman–Crippen MR) is 91.5 cm³/mol. The second-order valence-electron chi connectivity index (χ2n) is 5.83. The molecule has 0 bridgehead atoms. The highest BCUT2D eigenvalue weighted by Crippen LogP contribution is 2.27. The third kappa shape index (κ3) is 3.87. The number of ether oxygens (including phenoxy) is 2. The van der Waals surface area contributed by atoms with Crippen LogP contribution in [-0.4, -0.2) is 43.3 Å². The standard InChI is InChI=1S/C17H21BrN2O3/c1-2-15-12(5-7-22-15)10-19-17(21)20-6-8-23-16-9-14(18)4-3-13(16)11-20/h2-4,9,12,15H,1,5-8,10-11H2,(H,19,21)/t12-,15-/m0/s1. The van der Waals surface area contributed by atoms with Crippen molar-refractivity contribution in [1.29, 1.82) is 0 Å². The zero-order chi connectivity index (χ0) is 16.2. The number of hydrogen-bond donors (Lipinski definition) is 1. The minimum atomic E-state index is -0.0564. The summed E-state index contributed by atoms with van der Waals surface area (Å²) < 4.78 is 12.3. The summed E-state index contributed by atoms with van der Waals surface area (Å²) >= 11 is 3.44. The quantitative estimate of drug-likeness (QED) is 0.820. The van der Waals surface area contributed by atoms with Crippen molar-refractivity contribution in [3.8, 4) is 5.75 Å². The Kier molecular flexibility index (Phi) is 5.23. The van der Waals surface area contributed by atoms with Crippen molar-refractivity contribution in [3.63, 3.8) is 0 Å². The number of nitrogens with zero attached hydrogens (tertiary/aromatic N) is 1. The summed E-state index contributed by atoms with van der Waals surface area (Å²) in [6, 6.07) is 5.85. The molecule has 1 saturated heterocycles. The van der Waals surface area contributed by atoms with Crippen LogP contribution in [0.5, 0.6) is 5.75 Å². The molecule has 5 nitrogen and oxygen atoms in total. The molecule has 2 aliphatic rings. The number of carbonyl (C=O) groups is 1. The Morgan fingerprint density at radius 2 is 2.35 bits per heavy atom. The van der Waals surface area contributed by atoms with E-state index in [0.29, 0.717) is 32.2 Å². The number of urea groups is 1. The van der Waals surface area contributed by atoms with Crippen LogP contribution in [0.1, 0.15) is 12.0 Å². The topological polar surface area (TPSA) is 50.8 Å². The van der Waals surface area contributed by atoms with Crippen molar-refractivity contribution < 1.29 is 14.3 Å². The predicted octanol–water partition coefficient (Wildman–Crippen LogP) is 2.94. The molecular formula is C17H21BrN2O3. The van der Waals surface area contributed by atoms with Crippen molar-refractivity contribution in [1.82, 2.24) is 10.2 Å². The second-order valence-corrected chi connectivity index (χ2v) is 6.74. The molecule has 2 atom stereocenters. The maximum absolute atomic E-state index is 12.5. The number of amides is 2. The molecule has 2 heterocycles. The fraction of sp³-hybridized carbons (Fsp3) is 0.471. The van der Waals surface area contributed by atoms with Crippen LogP contribution in [0.4, 0.5) is 4.79 Å². The molecule has 0 aromatic heterocycles. The minimum Gasteiger partial charge on any atom is -0.491 e. The molecule has 124 valence electrons. The first-order valence-electron chi connectivity index (χ1n) is 7.85. The van der Waals surface area contributed by atoms with Crippen molar-refractivity contribution in [3.05, 3.63) is 40.9 Å². The highest BCUT2D eigenvalue weighted by atomic mass is 79.9. The first-order valence-corrected chi connectivity index (χ1v) is 8.65. The van der Waals surface area contributed by atoms with Crippen LogP contribution in [0.2, 0.25) is 0 Å². The third-order valence-electron chi connectivity index (χ3n) is 4.31. The number of hydrogen-bond acceptors (Lipinski definition) is 3. The van der Waals surface area contributed by atoms with Crippen molar-refractivity contribution in [2.45, 2.75) is 19.1 Å². The SMILES string of the molecule is C=C[C@@H]1OCC[C@H]1CNC(=O)N1CCOc2cc(Br)ccc2C1. The van der Waals surface area contributed by atoms with Crippen LogP contribution in [0.3, 0.4) is 0 Å². The maximum atomic E-state index is 12.5. The first-order chi connectivity index (χ1) is 11.2. The number of benzene rings is 1. The average Bonchev–Trinajstić information content (AvgIpc) is 2.90. The lowest BCUT2D eigenvalue weighted by Gasteiger charge is -2.22. The summed E-state index contributed by atoms with van der Waals surface area (Å²) in [5.41, 5.74) is 1.02. The molecule has 1 aromatic rings. The largest absolute Gasteiger partial charge is 0.491 e. The van der Waals surface area contributed by atoms with Gasteiger partial charge in [-0.3, -0.25) is 0 Å². The Hall–Kier alpha value is -1.53. The molecule has 6 heteroatoms. The Morgan fingerprint density at radius 3 is 3.17 bits per heavy atom. The Morgan fingerprint density at radius 1 is 1.48 bits per heavy atom. The van der Waals surface area contributed by atoms with Crippen molar-refractivity contribution in [2.75, 3.05) is 26.3 Å². The summed E-state index contributed by atoms with van der Waals surface area (Å²) in [5.74, 6) is 1.15. The molecule has 3 rings (SSSR count). The number of rotatable bonds is 3. The number of fused-ring (bicyclic) bond motifs is 1. The summed E-state index contributed by atoms with van der Waals surface area (Å²) in [5, 5.41) is 3.02. The molecule has 2 aliphatic heterocycles. The number of carbonyl (C=O) groups excluding carboxylic acids is 1. The van der Waals surface area contributed by atoms with Gasteiger partial charge in [0.15, 0.2) is 0 Å². The molecule has 0 aliphatic carbocycles. The van der Waals surface area contributed by atoms with Gasteiger partial charge in [-0.15, -0.1) is 6.58 Å². The lowest BCUT2D eigenvalue weighted by atomic mass is 10.0. The van der Waals surface area contributed by atoms with E-state index in [2.05, 4.69) is 27.8 Å². The molecule has 1 fully saturated rings. The number of nitrogens with one attached hydrogen (secondary N) is 1. The van der Waals surface area contributed by atoms with Crippen LogP contribution < -0.4 is 10.1 Å². The van der Waals surface area contributed by atoms with Crippen LogP contribution >= 0.6 is 15.9 Å². The molecule has 1 aromatic carbocycles. The monoisotopic (exact) mass is 380 g/mol. The fourth-order valence-electron chi connectivity index (χ4n) is 2.98. The van der Waals surface area contributed by atoms with Crippen LogP contribution in [0.15, 0.2) is 35.3 Å². The Bertz CT molecular complexity index is 593. The maximum Gasteiger partial charge on any atom is 0.317 e. The Labute approximate surface area is 144 Å². The highest BCUT2D eigenvalue weighted by molar-refractivity contribution is 9.10. The lowest BCUT2D eigenvalue weighted by molar-refractivity contribution is 0.127. The van der Waals surface area contributed by atoms with E-state index in [1.54, 1.807) is 4.90 Å². The van der Waals surface area contributed by atoms with E-state index in [4.69, 9.17) is 9.47 Å². The van der Waals surface area contributed by atoms with Gasteiger partial charge in [-0.05, 0) is 18.6 Å². The minimum absolute atomic E-state index is 0.0424.